The van der Waals surface area contributed by atoms with Crippen molar-refractivity contribution < 1.29 is 0 Å². The lowest BCUT2D eigenvalue weighted by Crippen LogP contribution is -2.43. The van der Waals surface area contributed by atoms with Crippen LogP contribution in [-0.4, -0.2) is 4.87 Å². The molecular formula is C8H14Cl. The SMILES string of the molecule is CC[C]1C(C)CC1(C)Cl. The van der Waals surface area contributed by atoms with Crippen LogP contribution in [0.3, 0.4) is 0 Å². The summed E-state index contributed by atoms with van der Waals surface area (Å²) in [5.41, 5.74) is 0. The van der Waals surface area contributed by atoms with Crippen molar-refractivity contribution in [1.82, 2.24) is 0 Å². The highest BCUT2D eigenvalue weighted by Gasteiger charge is 2.45. The molecule has 2 atom stereocenters. The fourth-order valence-corrected chi connectivity index (χ4v) is 2.48. The summed E-state index contributed by atoms with van der Waals surface area (Å²) in [5.74, 6) is 2.31. The van der Waals surface area contributed by atoms with Crippen LogP contribution in [0, 0.1) is 11.8 Å². The molecule has 1 heteroatoms. The molecule has 0 bridgehead atoms. The van der Waals surface area contributed by atoms with Crippen molar-refractivity contribution in [2.45, 2.75) is 38.5 Å². The third-order valence-electron chi connectivity index (χ3n) is 2.33. The molecular weight excluding hydrogens is 132 g/mol. The van der Waals surface area contributed by atoms with Gasteiger partial charge in [0, 0.05) is 4.87 Å². The summed E-state index contributed by atoms with van der Waals surface area (Å²) in [5, 5.41) is 0. The van der Waals surface area contributed by atoms with Crippen LogP contribution in [0.5, 0.6) is 0 Å². The highest BCUT2D eigenvalue weighted by atomic mass is 35.5. The molecule has 1 rings (SSSR count). The van der Waals surface area contributed by atoms with Gasteiger partial charge in [-0.15, -0.1) is 11.6 Å². The third kappa shape index (κ3) is 1.10. The van der Waals surface area contributed by atoms with E-state index >= 15 is 0 Å². The smallest absolute Gasteiger partial charge is 0.0486 e. The monoisotopic (exact) mass is 145 g/mol. The molecule has 0 aromatic rings. The van der Waals surface area contributed by atoms with Gasteiger partial charge < -0.3 is 0 Å². The fourth-order valence-electron chi connectivity index (χ4n) is 1.93. The Labute approximate surface area is 62.6 Å². The van der Waals surface area contributed by atoms with Crippen LogP contribution >= 0.6 is 11.6 Å². The zero-order chi connectivity index (χ0) is 7.07. The van der Waals surface area contributed by atoms with E-state index in [1.54, 1.807) is 0 Å². The highest BCUT2D eigenvalue weighted by molar-refractivity contribution is 6.26. The maximum absolute atomic E-state index is 6.13. The zero-order valence-corrected chi connectivity index (χ0v) is 7.13. The molecule has 1 saturated carbocycles. The van der Waals surface area contributed by atoms with Crippen LogP contribution in [-0.2, 0) is 0 Å². The van der Waals surface area contributed by atoms with Gasteiger partial charge in [-0.2, -0.15) is 0 Å². The van der Waals surface area contributed by atoms with E-state index in [9.17, 15) is 0 Å². The minimum Gasteiger partial charge on any atom is -0.119 e. The highest BCUT2D eigenvalue weighted by Crippen LogP contribution is 2.51. The minimum absolute atomic E-state index is 0.0498. The first-order valence-corrected chi connectivity index (χ1v) is 4.01. The van der Waals surface area contributed by atoms with Crippen molar-refractivity contribution in [2.75, 3.05) is 0 Å². The van der Waals surface area contributed by atoms with Crippen molar-refractivity contribution in [1.29, 1.82) is 0 Å². The van der Waals surface area contributed by atoms with Gasteiger partial charge in [0.1, 0.15) is 0 Å². The van der Waals surface area contributed by atoms with Crippen molar-refractivity contribution >= 4 is 11.6 Å². The van der Waals surface area contributed by atoms with E-state index in [4.69, 9.17) is 11.6 Å². The molecule has 0 aromatic carbocycles. The number of hydrogen-bond acceptors (Lipinski definition) is 0. The maximum atomic E-state index is 6.13. The van der Waals surface area contributed by atoms with E-state index in [-0.39, 0.29) is 4.87 Å². The average Bonchev–Trinajstić information content (AvgIpc) is 1.63. The van der Waals surface area contributed by atoms with Gasteiger partial charge in [0.25, 0.3) is 0 Å². The van der Waals surface area contributed by atoms with E-state index < -0.39 is 0 Å². The quantitative estimate of drug-likeness (QED) is 0.498. The summed E-state index contributed by atoms with van der Waals surface area (Å²) in [7, 11) is 0. The number of alkyl halides is 1. The van der Waals surface area contributed by atoms with Crippen LogP contribution in [0.15, 0.2) is 0 Å². The second-order valence-electron chi connectivity index (χ2n) is 3.18. The van der Waals surface area contributed by atoms with Gasteiger partial charge >= 0.3 is 0 Å². The molecule has 0 nitrogen and oxygen atoms in total. The summed E-state index contributed by atoms with van der Waals surface area (Å²) in [6.45, 7) is 6.56. The van der Waals surface area contributed by atoms with E-state index in [1.165, 1.54) is 5.92 Å². The van der Waals surface area contributed by atoms with Gasteiger partial charge in [0.15, 0.2) is 0 Å². The Hall–Kier alpha value is 0.290. The number of hydrogen-bond donors (Lipinski definition) is 0. The molecule has 0 aromatic heterocycles. The minimum atomic E-state index is 0.0498. The first-order chi connectivity index (χ1) is 4.08. The van der Waals surface area contributed by atoms with E-state index in [0.29, 0.717) is 0 Å². The number of halogens is 1. The summed E-state index contributed by atoms with van der Waals surface area (Å²) in [6, 6.07) is 0. The molecule has 53 valence electrons. The van der Waals surface area contributed by atoms with Crippen LogP contribution in [0.2, 0.25) is 0 Å². The second-order valence-corrected chi connectivity index (χ2v) is 4.02. The molecule has 0 N–H and O–H groups in total. The Balaban J connectivity index is 2.48. The topological polar surface area (TPSA) is 0 Å². The van der Waals surface area contributed by atoms with Gasteiger partial charge in [-0.25, -0.2) is 0 Å². The van der Waals surface area contributed by atoms with E-state index in [2.05, 4.69) is 20.8 Å². The Morgan fingerprint density at radius 3 is 2.44 bits per heavy atom. The second kappa shape index (κ2) is 2.16. The molecule has 1 aliphatic carbocycles. The van der Waals surface area contributed by atoms with Crippen molar-refractivity contribution in [3.8, 4) is 0 Å². The van der Waals surface area contributed by atoms with Crippen molar-refractivity contribution in [3.63, 3.8) is 0 Å². The molecule has 0 spiro atoms. The van der Waals surface area contributed by atoms with Gasteiger partial charge in [-0.1, -0.05) is 13.8 Å². The molecule has 0 heterocycles. The zero-order valence-electron chi connectivity index (χ0n) is 6.37. The predicted molar refractivity (Wildman–Crippen MR) is 41.6 cm³/mol. The molecule has 1 aliphatic rings. The van der Waals surface area contributed by atoms with Crippen LogP contribution in [0.25, 0.3) is 0 Å². The summed E-state index contributed by atoms with van der Waals surface area (Å²) < 4.78 is 0. The van der Waals surface area contributed by atoms with Gasteiger partial charge in [-0.05, 0) is 31.6 Å². The average molecular weight is 146 g/mol. The standard InChI is InChI=1S/C8H14Cl/c1-4-7-6(2)5-8(7,3)9/h6H,4-5H2,1-3H3. The molecule has 0 amide bonds. The van der Waals surface area contributed by atoms with Crippen molar-refractivity contribution in [2.24, 2.45) is 5.92 Å². The van der Waals surface area contributed by atoms with E-state index in [1.807, 2.05) is 0 Å². The Morgan fingerprint density at radius 1 is 1.78 bits per heavy atom. The van der Waals surface area contributed by atoms with Crippen molar-refractivity contribution in [3.05, 3.63) is 5.92 Å². The summed E-state index contributed by atoms with van der Waals surface area (Å²) >= 11 is 6.13. The summed E-state index contributed by atoms with van der Waals surface area (Å²) in [4.78, 5) is 0.0498. The van der Waals surface area contributed by atoms with Gasteiger partial charge in [-0.3, -0.25) is 0 Å². The van der Waals surface area contributed by atoms with Crippen LogP contribution in [0.1, 0.15) is 33.6 Å². The molecule has 1 fully saturated rings. The van der Waals surface area contributed by atoms with Crippen LogP contribution in [0.4, 0.5) is 0 Å². The van der Waals surface area contributed by atoms with Crippen LogP contribution < -0.4 is 0 Å². The molecule has 1 radical (unpaired) electrons. The normalized spacial score (nSPS) is 44.7. The van der Waals surface area contributed by atoms with E-state index in [0.717, 1.165) is 18.8 Å². The molecule has 2 unspecified atom stereocenters. The molecule has 9 heavy (non-hydrogen) atoms. The fraction of sp³-hybridized carbons (Fsp3) is 0.875. The van der Waals surface area contributed by atoms with Gasteiger partial charge in [0.05, 0.1) is 0 Å². The lowest BCUT2D eigenvalue weighted by atomic mass is 9.65. The lowest BCUT2D eigenvalue weighted by molar-refractivity contribution is 0.294. The first kappa shape index (κ1) is 7.40. The Morgan fingerprint density at radius 2 is 2.33 bits per heavy atom. The largest absolute Gasteiger partial charge is 0.119 e. The maximum Gasteiger partial charge on any atom is 0.0486 e. The predicted octanol–water partition coefficient (Wildman–Crippen LogP) is 3.01. The number of rotatable bonds is 1. The molecule has 0 aliphatic heterocycles. The Kier molecular flexibility index (Phi) is 1.77. The third-order valence-corrected chi connectivity index (χ3v) is 2.73. The Bertz CT molecular complexity index is 107. The lowest BCUT2D eigenvalue weighted by Gasteiger charge is -2.47. The first-order valence-electron chi connectivity index (χ1n) is 3.63. The van der Waals surface area contributed by atoms with Gasteiger partial charge in [0.2, 0.25) is 0 Å². The molecule has 0 saturated heterocycles. The summed E-state index contributed by atoms with van der Waals surface area (Å²) in [6.07, 6.45) is 2.32.